The van der Waals surface area contributed by atoms with Crippen LogP contribution < -0.4 is 14.8 Å². The van der Waals surface area contributed by atoms with Gasteiger partial charge in [-0.1, -0.05) is 17.7 Å². The molecule has 0 amide bonds. The van der Waals surface area contributed by atoms with Gasteiger partial charge in [-0.2, -0.15) is 0 Å². The van der Waals surface area contributed by atoms with Crippen molar-refractivity contribution in [2.75, 3.05) is 14.2 Å². The molecule has 0 aromatic heterocycles. The minimum absolute atomic E-state index is 0.0687. The van der Waals surface area contributed by atoms with Gasteiger partial charge in [-0.15, -0.1) is 0 Å². The molecule has 3 atom stereocenters. The summed E-state index contributed by atoms with van der Waals surface area (Å²) in [5.41, 5.74) is 4.02. The van der Waals surface area contributed by atoms with E-state index in [0.717, 1.165) is 27.6 Å². The fraction of sp³-hybridized carbons (Fsp3) is 0.409. The van der Waals surface area contributed by atoms with E-state index >= 15 is 0 Å². The Morgan fingerprint density at radius 3 is 2.04 bits per heavy atom. The topological polar surface area (TPSA) is 54.0 Å². The zero-order chi connectivity index (χ0) is 20.8. The highest BCUT2D eigenvalue weighted by atomic mass is 31.1. The van der Waals surface area contributed by atoms with Gasteiger partial charge in [0.2, 0.25) is 0 Å². The number of methoxy groups -OCH3 is 2. The molecule has 2 aromatic rings. The maximum atomic E-state index is 13.1. The van der Waals surface area contributed by atoms with Crippen molar-refractivity contribution in [1.82, 2.24) is 0 Å². The normalized spacial score (nSPS) is 13.5. The number of hydrogen-bond acceptors (Lipinski definition) is 5. The lowest BCUT2D eigenvalue weighted by Crippen LogP contribution is -2.19. The van der Waals surface area contributed by atoms with Crippen LogP contribution in [0.1, 0.15) is 40.9 Å². The highest BCUT2D eigenvalue weighted by Gasteiger charge is 2.18. The number of benzene rings is 2. The molecule has 2 aromatic carbocycles. The third-order valence-corrected chi connectivity index (χ3v) is 5.52. The molecular formula is C22H29O5P. The summed E-state index contributed by atoms with van der Waals surface area (Å²) in [6.45, 7) is 9.60. The predicted molar refractivity (Wildman–Crippen MR) is 114 cm³/mol. The van der Waals surface area contributed by atoms with E-state index in [1.54, 1.807) is 34.1 Å². The van der Waals surface area contributed by atoms with Crippen LogP contribution in [0, 0.1) is 20.8 Å². The van der Waals surface area contributed by atoms with E-state index in [2.05, 4.69) is 0 Å². The van der Waals surface area contributed by atoms with Gasteiger partial charge in [0.15, 0.2) is 18.1 Å². The van der Waals surface area contributed by atoms with Crippen molar-refractivity contribution in [1.29, 1.82) is 0 Å². The summed E-state index contributed by atoms with van der Waals surface area (Å²) in [6, 6.07) is 9.54. The fourth-order valence-corrected chi connectivity index (χ4v) is 4.15. The van der Waals surface area contributed by atoms with Crippen LogP contribution in [0.3, 0.4) is 0 Å². The largest absolute Gasteiger partial charge is 0.465 e. The first-order valence-electron chi connectivity index (χ1n) is 9.17. The number of rotatable bonds is 9. The Hall–Kier alpha value is -1.94. The summed E-state index contributed by atoms with van der Waals surface area (Å²) in [6.07, 6.45) is -0.836. The smallest absolute Gasteiger partial charge is 0.196 e. The van der Waals surface area contributed by atoms with Gasteiger partial charge in [0.05, 0.1) is 0 Å². The summed E-state index contributed by atoms with van der Waals surface area (Å²) >= 11 is 0. The SMILES string of the molecule is COC(C)Oc1ccc(PC(=O)c2c(C)cc(C)cc2C)c(OC(C)OC)c1. The van der Waals surface area contributed by atoms with E-state index in [4.69, 9.17) is 18.9 Å². The van der Waals surface area contributed by atoms with Crippen LogP contribution in [0.4, 0.5) is 0 Å². The Kier molecular flexibility index (Phi) is 7.99. The second-order valence-electron chi connectivity index (χ2n) is 6.73. The molecule has 0 aliphatic heterocycles. The van der Waals surface area contributed by atoms with Gasteiger partial charge in [-0.25, -0.2) is 0 Å². The summed E-state index contributed by atoms with van der Waals surface area (Å²) in [4.78, 5) is 13.1. The molecule has 0 aliphatic rings. The molecule has 0 radical (unpaired) electrons. The minimum atomic E-state index is -0.448. The molecule has 5 nitrogen and oxygen atoms in total. The lowest BCUT2D eigenvalue weighted by molar-refractivity contribution is -0.0421. The maximum Gasteiger partial charge on any atom is 0.196 e. The molecule has 2 rings (SSSR count). The van der Waals surface area contributed by atoms with Crippen LogP contribution in [0.2, 0.25) is 0 Å². The van der Waals surface area contributed by atoms with E-state index in [9.17, 15) is 4.79 Å². The second-order valence-corrected chi connectivity index (χ2v) is 7.97. The van der Waals surface area contributed by atoms with Crippen molar-refractivity contribution >= 4 is 19.4 Å². The zero-order valence-electron chi connectivity index (χ0n) is 17.6. The van der Waals surface area contributed by atoms with E-state index in [1.807, 2.05) is 45.0 Å². The van der Waals surface area contributed by atoms with Gasteiger partial charge in [-0.3, -0.25) is 4.79 Å². The lowest BCUT2D eigenvalue weighted by Gasteiger charge is -2.19. The van der Waals surface area contributed by atoms with Crippen molar-refractivity contribution < 1.29 is 23.7 Å². The third-order valence-electron chi connectivity index (χ3n) is 4.36. The van der Waals surface area contributed by atoms with E-state index in [1.165, 1.54) is 0 Å². The standard InChI is InChI=1S/C22H29O5P/c1-13-10-14(2)21(15(3)11-13)22(23)28-20-9-8-18(26-16(4)24-6)12-19(20)27-17(5)25-7/h8-12,16-17,28H,1-7H3. The third kappa shape index (κ3) is 5.78. The van der Waals surface area contributed by atoms with Crippen LogP contribution >= 0.6 is 8.58 Å². The van der Waals surface area contributed by atoms with E-state index in [0.29, 0.717) is 11.5 Å². The molecule has 152 valence electrons. The summed E-state index contributed by atoms with van der Waals surface area (Å²) in [5, 5.41) is 0.811. The number of carbonyl (C=O) groups excluding carboxylic acids is 1. The average Bonchev–Trinajstić information content (AvgIpc) is 2.62. The Labute approximate surface area is 169 Å². The summed E-state index contributed by atoms with van der Waals surface area (Å²) in [5.74, 6) is 1.18. The quantitative estimate of drug-likeness (QED) is 0.455. The van der Waals surface area contributed by atoms with Gasteiger partial charge < -0.3 is 18.9 Å². The van der Waals surface area contributed by atoms with Crippen LogP contribution in [0.5, 0.6) is 11.5 Å². The highest BCUT2D eigenvalue weighted by molar-refractivity contribution is 7.66. The van der Waals surface area contributed by atoms with Crippen molar-refractivity contribution in [2.45, 2.75) is 47.2 Å². The molecule has 6 heteroatoms. The highest BCUT2D eigenvalue weighted by Crippen LogP contribution is 2.31. The Bertz CT molecular complexity index is 811. The number of hydrogen-bond donors (Lipinski definition) is 0. The van der Waals surface area contributed by atoms with Gasteiger partial charge >= 0.3 is 0 Å². The van der Waals surface area contributed by atoms with Crippen LogP contribution in [0.15, 0.2) is 30.3 Å². The first-order chi connectivity index (χ1) is 13.2. The second kappa shape index (κ2) is 10.0. The first-order valence-corrected chi connectivity index (χ1v) is 10.2. The molecule has 0 bridgehead atoms. The lowest BCUT2D eigenvalue weighted by atomic mass is 10.0. The van der Waals surface area contributed by atoms with E-state index in [-0.39, 0.29) is 20.4 Å². The summed E-state index contributed by atoms with van der Waals surface area (Å²) < 4.78 is 21.9. The average molecular weight is 404 g/mol. The van der Waals surface area contributed by atoms with Crippen LogP contribution in [-0.4, -0.2) is 32.3 Å². The van der Waals surface area contributed by atoms with Gasteiger partial charge in [0, 0.05) is 31.2 Å². The first kappa shape index (κ1) is 22.4. The van der Waals surface area contributed by atoms with Gasteiger partial charge in [0.25, 0.3) is 0 Å². The molecule has 3 unspecified atom stereocenters. The van der Waals surface area contributed by atoms with Crippen molar-refractivity contribution in [3.63, 3.8) is 0 Å². The number of aryl methyl sites for hydroxylation is 3. The minimum Gasteiger partial charge on any atom is -0.465 e. The summed E-state index contributed by atoms with van der Waals surface area (Å²) in [7, 11) is 3.08. The zero-order valence-corrected chi connectivity index (χ0v) is 18.6. The molecule has 0 saturated carbocycles. The maximum absolute atomic E-state index is 13.1. The molecular weight excluding hydrogens is 375 g/mol. The number of ether oxygens (including phenoxy) is 4. The van der Waals surface area contributed by atoms with Crippen molar-refractivity contribution in [3.8, 4) is 11.5 Å². The Morgan fingerprint density at radius 1 is 0.893 bits per heavy atom. The molecule has 28 heavy (non-hydrogen) atoms. The Morgan fingerprint density at radius 2 is 1.46 bits per heavy atom. The van der Waals surface area contributed by atoms with Gasteiger partial charge in [0.1, 0.15) is 11.5 Å². The van der Waals surface area contributed by atoms with Crippen molar-refractivity contribution in [3.05, 3.63) is 52.6 Å². The fourth-order valence-electron chi connectivity index (χ4n) is 2.97. The number of carbonyl (C=O) groups is 1. The molecule has 0 aliphatic carbocycles. The molecule has 0 N–H and O–H groups in total. The van der Waals surface area contributed by atoms with Crippen molar-refractivity contribution in [2.24, 2.45) is 0 Å². The van der Waals surface area contributed by atoms with Crippen LogP contribution in [-0.2, 0) is 9.47 Å². The molecule has 0 saturated heterocycles. The Balaban J connectivity index is 2.34. The van der Waals surface area contributed by atoms with E-state index < -0.39 is 6.29 Å². The molecule has 0 fully saturated rings. The van der Waals surface area contributed by atoms with Gasteiger partial charge in [-0.05, 0) is 66.5 Å². The van der Waals surface area contributed by atoms with Crippen LogP contribution in [0.25, 0.3) is 0 Å². The molecule has 0 heterocycles. The predicted octanol–water partition coefficient (Wildman–Crippen LogP) is 4.50. The monoisotopic (exact) mass is 404 g/mol. The molecule has 0 spiro atoms.